The summed E-state index contributed by atoms with van der Waals surface area (Å²) in [7, 11) is 0. The van der Waals surface area contributed by atoms with Gasteiger partial charge in [-0.15, -0.1) is 0 Å². The molecule has 0 aliphatic carbocycles. The molecule has 0 aliphatic heterocycles. The molecule has 0 atom stereocenters. The highest BCUT2D eigenvalue weighted by Gasteiger charge is 2.10. The Balaban J connectivity index is 2.15. The van der Waals surface area contributed by atoms with Gasteiger partial charge in [-0.1, -0.05) is 35.3 Å². The van der Waals surface area contributed by atoms with Crippen molar-refractivity contribution >= 4 is 29.2 Å². The summed E-state index contributed by atoms with van der Waals surface area (Å²) in [6.07, 6.45) is 0. The van der Waals surface area contributed by atoms with Gasteiger partial charge in [0, 0.05) is 5.56 Å². The number of aromatic carboxylic acids is 1. The number of hydrogen-bond donors (Lipinski definition) is 1. The minimum Gasteiger partial charge on any atom is -0.487 e. The highest BCUT2D eigenvalue weighted by atomic mass is 35.5. The molecule has 0 saturated heterocycles. The molecule has 2 aromatic carbocycles. The first-order valence-electron chi connectivity index (χ1n) is 5.57. The molecule has 3 nitrogen and oxygen atoms in total. The molecule has 0 fully saturated rings. The van der Waals surface area contributed by atoms with E-state index in [2.05, 4.69) is 0 Å². The molecule has 6 heteroatoms. The third-order valence-electron chi connectivity index (χ3n) is 2.59. The number of hydrogen-bond acceptors (Lipinski definition) is 2. The van der Waals surface area contributed by atoms with Crippen molar-refractivity contribution in [2.75, 3.05) is 0 Å². The second kappa shape index (κ2) is 6.11. The SMILES string of the molecule is O=C(O)c1ccc(OCc2cccc(Cl)c2F)c(Cl)c1. The molecule has 2 aromatic rings. The van der Waals surface area contributed by atoms with Crippen molar-refractivity contribution in [3.8, 4) is 5.75 Å². The van der Waals surface area contributed by atoms with Crippen LogP contribution in [0, 0.1) is 5.82 Å². The van der Waals surface area contributed by atoms with Gasteiger partial charge in [0.1, 0.15) is 18.2 Å². The molecule has 0 aliphatic rings. The predicted molar refractivity (Wildman–Crippen MR) is 74.2 cm³/mol. The summed E-state index contributed by atoms with van der Waals surface area (Å²) < 4.78 is 19.0. The number of benzene rings is 2. The normalized spacial score (nSPS) is 10.3. The Labute approximate surface area is 124 Å². The van der Waals surface area contributed by atoms with E-state index in [0.717, 1.165) is 0 Å². The maximum absolute atomic E-state index is 13.7. The van der Waals surface area contributed by atoms with Gasteiger partial charge in [0.15, 0.2) is 0 Å². The van der Waals surface area contributed by atoms with Gasteiger partial charge in [-0.3, -0.25) is 0 Å². The van der Waals surface area contributed by atoms with E-state index in [0.29, 0.717) is 0 Å². The minimum absolute atomic E-state index is 0.0124. The third-order valence-corrected chi connectivity index (χ3v) is 3.18. The highest BCUT2D eigenvalue weighted by molar-refractivity contribution is 6.32. The van der Waals surface area contributed by atoms with E-state index in [9.17, 15) is 9.18 Å². The van der Waals surface area contributed by atoms with Gasteiger partial charge >= 0.3 is 5.97 Å². The summed E-state index contributed by atoms with van der Waals surface area (Å²) in [5.74, 6) is -1.36. The van der Waals surface area contributed by atoms with E-state index in [4.69, 9.17) is 33.0 Å². The molecular formula is C14H9Cl2FO3. The quantitative estimate of drug-likeness (QED) is 0.909. The largest absolute Gasteiger partial charge is 0.487 e. The first-order chi connectivity index (χ1) is 9.49. The van der Waals surface area contributed by atoms with Crippen LogP contribution in [0.2, 0.25) is 10.0 Å². The van der Waals surface area contributed by atoms with Crippen LogP contribution in [-0.2, 0) is 6.61 Å². The van der Waals surface area contributed by atoms with Crippen LogP contribution in [-0.4, -0.2) is 11.1 Å². The lowest BCUT2D eigenvalue weighted by atomic mass is 10.2. The highest BCUT2D eigenvalue weighted by Crippen LogP contribution is 2.27. The summed E-state index contributed by atoms with van der Waals surface area (Å²) in [6.45, 7) is -0.0570. The van der Waals surface area contributed by atoms with Crippen molar-refractivity contribution in [2.45, 2.75) is 6.61 Å². The molecule has 0 heterocycles. The van der Waals surface area contributed by atoms with Gasteiger partial charge < -0.3 is 9.84 Å². The van der Waals surface area contributed by atoms with Crippen molar-refractivity contribution in [1.29, 1.82) is 0 Å². The summed E-state index contributed by atoms with van der Waals surface area (Å²) in [5, 5.41) is 8.97. The Morgan fingerprint density at radius 1 is 1.20 bits per heavy atom. The molecule has 1 N–H and O–H groups in total. The van der Waals surface area contributed by atoms with Gasteiger partial charge in [-0.25, -0.2) is 9.18 Å². The van der Waals surface area contributed by atoms with E-state index in [-0.39, 0.29) is 33.5 Å². The number of halogens is 3. The Bertz CT molecular complexity index is 659. The lowest BCUT2D eigenvalue weighted by molar-refractivity contribution is 0.0697. The molecule has 0 spiro atoms. The lowest BCUT2D eigenvalue weighted by Crippen LogP contribution is -2.01. The molecule has 0 saturated carbocycles. The molecule has 0 amide bonds. The van der Waals surface area contributed by atoms with Crippen LogP contribution in [0.15, 0.2) is 36.4 Å². The molecule has 0 bridgehead atoms. The van der Waals surface area contributed by atoms with E-state index in [1.54, 1.807) is 12.1 Å². The average Bonchev–Trinajstić information content (AvgIpc) is 2.41. The molecule has 0 aromatic heterocycles. The number of rotatable bonds is 4. The zero-order chi connectivity index (χ0) is 14.7. The smallest absolute Gasteiger partial charge is 0.335 e. The summed E-state index contributed by atoms with van der Waals surface area (Å²) in [5.41, 5.74) is 0.340. The van der Waals surface area contributed by atoms with E-state index < -0.39 is 11.8 Å². The zero-order valence-corrected chi connectivity index (χ0v) is 11.6. The molecule has 104 valence electrons. The maximum atomic E-state index is 13.7. The molecular weight excluding hydrogens is 306 g/mol. The van der Waals surface area contributed by atoms with Crippen LogP contribution in [0.5, 0.6) is 5.75 Å². The van der Waals surface area contributed by atoms with Crippen molar-refractivity contribution in [3.63, 3.8) is 0 Å². The Hall–Kier alpha value is -1.78. The summed E-state index contributed by atoms with van der Waals surface area (Å²) >= 11 is 11.6. The first kappa shape index (κ1) is 14.6. The number of carboxylic acids is 1. The van der Waals surface area contributed by atoms with Gasteiger partial charge in [0.2, 0.25) is 0 Å². The summed E-state index contributed by atoms with van der Waals surface area (Å²) in [6, 6.07) is 8.65. The van der Waals surface area contributed by atoms with Crippen LogP contribution in [0.4, 0.5) is 4.39 Å². The van der Waals surface area contributed by atoms with Crippen molar-refractivity contribution in [1.82, 2.24) is 0 Å². The minimum atomic E-state index is -1.08. The Morgan fingerprint density at radius 3 is 2.60 bits per heavy atom. The Morgan fingerprint density at radius 2 is 1.95 bits per heavy atom. The standard InChI is InChI=1S/C14H9Cl2FO3/c15-10-3-1-2-9(13(10)17)7-20-12-5-4-8(14(18)19)6-11(12)16/h1-6H,7H2,(H,18,19). The average molecular weight is 315 g/mol. The Kier molecular flexibility index (Phi) is 4.47. The van der Waals surface area contributed by atoms with Crippen LogP contribution in [0.3, 0.4) is 0 Å². The van der Waals surface area contributed by atoms with Crippen molar-refractivity contribution < 1.29 is 19.0 Å². The second-order valence-electron chi connectivity index (χ2n) is 3.95. The molecule has 0 unspecified atom stereocenters. The van der Waals surface area contributed by atoms with Crippen LogP contribution in [0.25, 0.3) is 0 Å². The fourth-order valence-corrected chi connectivity index (χ4v) is 2.00. The monoisotopic (exact) mass is 314 g/mol. The predicted octanol–water partition coefficient (Wildman–Crippen LogP) is 4.41. The van der Waals surface area contributed by atoms with Crippen molar-refractivity contribution in [3.05, 3.63) is 63.4 Å². The third kappa shape index (κ3) is 3.21. The fourth-order valence-electron chi connectivity index (χ4n) is 1.57. The van der Waals surface area contributed by atoms with Gasteiger partial charge in [-0.05, 0) is 24.3 Å². The van der Waals surface area contributed by atoms with Gasteiger partial charge in [0.05, 0.1) is 15.6 Å². The maximum Gasteiger partial charge on any atom is 0.335 e. The lowest BCUT2D eigenvalue weighted by Gasteiger charge is -2.09. The fraction of sp³-hybridized carbons (Fsp3) is 0.0714. The van der Waals surface area contributed by atoms with Crippen molar-refractivity contribution in [2.24, 2.45) is 0 Å². The molecule has 20 heavy (non-hydrogen) atoms. The number of ether oxygens (including phenoxy) is 1. The molecule has 2 rings (SSSR count). The van der Waals surface area contributed by atoms with Crippen LogP contribution < -0.4 is 4.74 Å². The van der Waals surface area contributed by atoms with E-state index in [1.807, 2.05) is 0 Å². The van der Waals surface area contributed by atoms with Crippen LogP contribution >= 0.6 is 23.2 Å². The topological polar surface area (TPSA) is 46.5 Å². The van der Waals surface area contributed by atoms with Gasteiger partial charge in [-0.2, -0.15) is 0 Å². The van der Waals surface area contributed by atoms with Gasteiger partial charge in [0.25, 0.3) is 0 Å². The second-order valence-corrected chi connectivity index (χ2v) is 4.77. The number of carboxylic acid groups (broad SMARTS) is 1. The first-order valence-corrected chi connectivity index (χ1v) is 6.33. The van der Waals surface area contributed by atoms with Crippen LogP contribution in [0.1, 0.15) is 15.9 Å². The summed E-state index contributed by atoms with van der Waals surface area (Å²) in [4.78, 5) is 10.8. The number of carbonyl (C=O) groups is 1. The van der Waals surface area contributed by atoms with E-state index in [1.165, 1.54) is 24.3 Å². The van der Waals surface area contributed by atoms with E-state index >= 15 is 0 Å². The zero-order valence-electron chi connectivity index (χ0n) is 10.1. The molecule has 0 radical (unpaired) electrons.